The van der Waals surface area contributed by atoms with Gasteiger partial charge in [0.1, 0.15) is 9.84 Å². The maximum absolute atomic E-state index is 12.3. The summed E-state index contributed by atoms with van der Waals surface area (Å²) in [6.45, 7) is 2.02. The Balaban J connectivity index is 1.95. The molecule has 9 heteroatoms. The van der Waals surface area contributed by atoms with Gasteiger partial charge in [-0.3, -0.25) is 4.79 Å². The third-order valence-corrected chi connectivity index (χ3v) is 8.30. The van der Waals surface area contributed by atoms with Gasteiger partial charge < -0.3 is 5.11 Å². The average molecular weight is 325 g/mol. The Bertz CT molecular complexity index is 576. The van der Waals surface area contributed by atoms with E-state index in [1.54, 1.807) is 6.92 Å². The van der Waals surface area contributed by atoms with Crippen LogP contribution in [0.2, 0.25) is 0 Å². The standard InChI is InChI=1S/C11H19NO6S2/c1-8(11(13)14)9-6-12(7-9)20(17,18)10-2-4-19(15,16)5-3-10/h8-10H,2-7H2,1H3,(H,13,14). The highest BCUT2D eigenvalue weighted by Crippen LogP contribution is 2.31. The van der Waals surface area contributed by atoms with Gasteiger partial charge in [-0.25, -0.2) is 21.1 Å². The summed E-state index contributed by atoms with van der Waals surface area (Å²) in [5.74, 6) is -1.81. The molecule has 1 N–H and O–H groups in total. The monoisotopic (exact) mass is 325 g/mol. The molecule has 0 bridgehead atoms. The molecule has 7 nitrogen and oxygen atoms in total. The molecule has 2 fully saturated rings. The van der Waals surface area contributed by atoms with Crippen LogP contribution in [0, 0.1) is 11.8 Å². The van der Waals surface area contributed by atoms with E-state index in [-0.39, 0.29) is 43.4 Å². The molecule has 2 aliphatic rings. The fourth-order valence-corrected chi connectivity index (χ4v) is 6.41. The Hall–Kier alpha value is -0.670. The van der Waals surface area contributed by atoms with Gasteiger partial charge in [0, 0.05) is 13.1 Å². The Labute approximate surface area is 118 Å². The van der Waals surface area contributed by atoms with Crippen molar-refractivity contribution in [1.82, 2.24) is 4.31 Å². The van der Waals surface area contributed by atoms with Crippen molar-refractivity contribution in [3.8, 4) is 0 Å². The van der Waals surface area contributed by atoms with E-state index in [4.69, 9.17) is 5.11 Å². The van der Waals surface area contributed by atoms with E-state index in [1.807, 2.05) is 0 Å². The normalized spacial score (nSPS) is 26.9. The zero-order valence-corrected chi connectivity index (χ0v) is 12.9. The number of carboxylic acids is 1. The van der Waals surface area contributed by atoms with E-state index in [0.29, 0.717) is 0 Å². The van der Waals surface area contributed by atoms with Crippen LogP contribution in [0.3, 0.4) is 0 Å². The molecule has 20 heavy (non-hydrogen) atoms. The molecule has 0 radical (unpaired) electrons. The molecule has 2 heterocycles. The van der Waals surface area contributed by atoms with Crippen LogP contribution in [0.5, 0.6) is 0 Å². The highest BCUT2D eigenvalue weighted by Gasteiger charge is 2.44. The lowest BCUT2D eigenvalue weighted by Gasteiger charge is -2.42. The van der Waals surface area contributed by atoms with Gasteiger partial charge in [0.2, 0.25) is 10.0 Å². The second-order valence-electron chi connectivity index (χ2n) is 5.60. The van der Waals surface area contributed by atoms with Crippen LogP contribution in [-0.4, -0.2) is 62.1 Å². The SMILES string of the molecule is CC(C(=O)O)C1CN(S(=O)(=O)C2CCS(=O)(=O)CC2)C1. The summed E-state index contributed by atoms with van der Waals surface area (Å²) in [6, 6.07) is 0. The predicted molar refractivity (Wildman–Crippen MR) is 72.5 cm³/mol. The van der Waals surface area contributed by atoms with E-state index in [2.05, 4.69) is 0 Å². The van der Waals surface area contributed by atoms with Gasteiger partial charge in [-0.15, -0.1) is 0 Å². The van der Waals surface area contributed by atoms with Crippen molar-refractivity contribution < 1.29 is 26.7 Å². The third kappa shape index (κ3) is 2.99. The molecule has 116 valence electrons. The fraction of sp³-hybridized carbons (Fsp3) is 0.909. The molecular weight excluding hydrogens is 306 g/mol. The zero-order chi connectivity index (χ0) is 15.1. The molecule has 0 aliphatic carbocycles. The van der Waals surface area contributed by atoms with Gasteiger partial charge in [-0.1, -0.05) is 6.92 Å². The number of hydrogen-bond donors (Lipinski definition) is 1. The van der Waals surface area contributed by atoms with Crippen LogP contribution in [0.25, 0.3) is 0 Å². The topological polar surface area (TPSA) is 109 Å². The van der Waals surface area contributed by atoms with Gasteiger partial charge in [0.05, 0.1) is 22.7 Å². The average Bonchev–Trinajstić information content (AvgIpc) is 2.25. The minimum absolute atomic E-state index is 0.0836. The van der Waals surface area contributed by atoms with E-state index < -0.39 is 37.0 Å². The molecular formula is C11H19NO6S2. The zero-order valence-electron chi connectivity index (χ0n) is 11.2. The second-order valence-corrected chi connectivity index (χ2v) is 10.1. The summed E-state index contributed by atoms with van der Waals surface area (Å²) in [7, 11) is -6.58. The lowest BCUT2D eigenvalue weighted by molar-refractivity contribution is -0.144. The lowest BCUT2D eigenvalue weighted by Crippen LogP contribution is -2.56. The molecule has 2 rings (SSSR count). The number of aliphatic carboxylic acids is 1. The minimum atomic E-state index is -3.49. The maximum atomic E-state index is 12.3. The van der Waals surface area contributed by atoms with Crippen LogP contribution in [0.4, 0.5) is 0 Å². The Morgan fingerprint density at radius 2 is 1.75 bits per heavy atom. The molecule has 0 saturated carbocycles. The largest absolute Gasteiger partial charge is 0.481 e. The summed E-state index contributed by atoms with van der Waals surface area (Å²) in [5, 5.41) is 8.23. The summed E-state index contributed by atoms with van der Waals surface area (Å²) < 4.78 is 48.5. The van der Waals surface area contributed by atoms with E-state index in [0.717, 1.165) is 0 Å². The molecule has 0 aromatic carbocycles. The summed E-state index contributed by atoms with van der Waals surface area (Å²) in [6.07, 6.45) is 0.278. The van der Waals surface area contributed by atoms with E-state index in [9.17, 15) is 21.6 Å². The smallest absolute Gasteiger partial charge is 0.306 e. The van der Waals surface area contributed by atoms with Crippen LogP contribution < -0.4 is 0 Å². The van der Waals surface area contributed by atoms with Crippen molar-refractivity contribution in [1.29, 1.82) is 0 Å². The Kier molecular flexibility index (Phi) is 4.14. The van der Waals surface area contributed by atoms with Crippen molar-refractivity contribution >= 4 is 25.8 Å². The summed E-state index contributed by atoms with van der Waals surface area (Å²) >= 11 is 0. The Morgan fingerprint density at radius 3 is 2.20 bits per heavy atom. The molecule has 0 aromatic rings. The Morgan fingerprint density at radius 1 is 1.25 bits per heavy atom. The highest BCUT2D eigenvalue weighted by atomic mass is 32.2. The maximum Gasteiger partial charge on any atom is 0.306 e. The molecule has 2 saturated heterocycles. The van der Waals surface area contributed by atoms with Crippen molar-refractivity contribution in [3.05, 3.63) is 0 Å². The van der Waals surface area contributed by atoms with E-state index >= 15 is 0 Å². The number of sulfonamides is 1. The molecule has 2 aliphatic heterocycles. The molecule has 1 atom stereocenters. The van der Waals surface area contributed by atoms with Crippen molar-refractivity contribution in [2.75, 3.05) is 24.6 Å². The minimum Gasteiger partial charge on any atom is -0.481 e. The summed E-state index contributed by atoms with van der Waals surface area (Å²) in [4.78, 5) is 10.8. The number of carboxylic acid groups (broad SMARTS) is 1. The predicted octanol–water partition coefficient (Wildman–Crippen LogP) is -0.454. The quantitative estimate of drug-likeness (QED) is 0.749. The first-order valence-corrected chi connectivity index (χ1v) is 9.88. The summed E-state index contributed by atoms with van der Waals surface area (Å²) in [5.41, 5.74) is 0. The first-order chi connectivity index (χ1) is 9.13. The first kappa shape index (κ1) is 15.7. The van der Waals surface area contributed by atoms with Gasteiger partial charge in [-0.2, -0.15) is 0 Å². The molecule has 0 spiro atoms. The van der Waals surface area contributed by atoms with Crippen LogP contribution in [0.1, 0.15) is 19.8 Å². The highest BCUT2D eigenvalue weighted by molar-refractivity contribution is 7.92. The number of nitrogens with zero attached hydrogens (tertiary/aromatic N) is 1. The number of hydrogen-bond acceptors (Lipinski definition) is 5. The molecule has 0 aromatic heterocycles. The van der Waals surface area contributed by atoms with E-state index in [1.165, 1.54) is 4.31 Å². The van der Waals surface area contributed by atoms with Crippen LogP contribution in [0.15, 0.2) is 0 Å². The van der Waals surface area contributed by atoms with Gasteiger partial charge >= 0.3 is 5.97 Å². The van der Waals surface area contributed by atoms with Gasteiger partial charge in [0.25, 0.3) is 0 Å². The molecule has 1 unspecified atom stereocenters. The number of rotatable bonds is 4. The number of carbonyl (C=O) groups is 1. The van der Waals surface area contributed by atoms with Crippen molar-refractivity contribution in [2.45, 2.75) is 25.0 Å². The van der Waals surface area contributed by atoms with Gasteiger partial charge in [0.15, 0.2) is 0 Å². The second kappa shape index (κ2) is 5.27. The van der Waals surface area contributed by atoms with Crippen molar-refractivity contribution in [3.63, 3.8) is 0 Å². The van der Waals surface area contributed by atoms with Crippen LogP contribution >= 0.6 is 0 Å². The number of sulfone groups is 1. The third-order valence-electron chi connectivity index (χ3n) is 4.26. The van der Waals surface area contributed by atoms with Gasteiger partial charge in [-0.05, 0) is 18.8 Å². The molecule has 0 amide bonds. The van der Waals surface area contributed by atoms with Crippen LogP contribution in [-0.2, 0) is 24.7 Å². The first-order valence-electron chi connectivity index (χ1n) is 6.55. The van der Waals surface area contributed by atoms with Crippen molar-refractivity contribution in [2.24, 2.45) is 11.8 Å². The lowest BCUT2D eigenvalue weighted by atomic mass is 9.89. The fourth-order valence-electron chi connectivity index (χ4n) is 2.57.